The van der Waals surface area contributed by atoms with Crippen LogP contribution in [0.15, 0.2) is 0 Å². The smallest absolute Gasteiger partial charge is 0.308 e. The third-order valence-corrected chi connectivity index (χ3v) is 4.76. The highest BCUT2D eigenvalue weighted by atomic mass is 16.4. The molecule has 1 aliphatic heterocycles. The number of nitrogens with zero attached hydrogens (tertiary/aromatic N) is 1. The van der Waals surface area contributed by atoms with Crippen molar-refractivity contribution in [2.45, 2.75) is 51.4 Å². The number of aliphatic carboxylic acids is 1. The van der Waals surface area contributed by atoms with Crippen molar-refractivity contribution in [2.24, 2.45) is 11.8 Å². The number of carboxylic acids is 1. The fourth-order valence-electron chi connectivity index (χ4n) is 3.42. The second kappa shape index (κ2) is 8.15. The summed E-state index contributed by atoms with van der Waals surface area (Å²) in [7, 11) is 0. The Morgan fingerprint density at radius 2 is 1.77 bits per heavy atom. The molecule has 0 bridgehead atoms. The Morgan fingerprint density at radius 1 is 1.05 bits per heavy atom. The summed E-state index contributed by atoms with van der Waals surface area (Å²) in [4.78, 5) is 36.5. The van der Waals surface area contributed by atoms with Gasteiger partial charge in [0.05, 0.1) is 12.5 Å². The average Bonchev–Trinajstić information content (AvgIpc) is 2.53. The van der Waals surface area contributed by atoms with Gasteiger partial charge in [-0.15, -0.1) is 0 Å². The number of carboxylic acid groups (broad SMARTS) is 1. The summed E-state index contributed by atoms with van der Waals surface area (Å²) in [6.07, 6.45) is 7.69. The van der Waals surface area contributed by atoms with Crippen LogP contribution in [-0.4, -0.2) is 47.4 Å². The largest absolute Gasteiger partial charge is 0.481 e. The van der Waals surface area contributed by atoms with Crippen molar-refractivity contribution < 1.29 is 19.5 Å². The summed E-state index contributed by atoms with van der Waals surface area (Å²) in [6, 6.07) is 0. The van der Waals surface area contributed by atoms with Crippen LogP contribution in [0, 0.1) is 11.8 Å². The molecule has 1 aliphatic carbocycles. The second-order valence-corrected chi connectivity index (χ2v) is 6.50. The lowest BCUT2D eigenvalue weighted by Gasteiger charge is -2.30. The van der Waals surface area contributed by atoms with Gasteiger partial charge in [-0.05, 0) is 31.6 Å². The van der Waals surface area contributed by atoms with Crippen LogP contribution in [0.25, 0.3) is 0 Å². The molecule has 1 atom stereocenters. The van der Waals surface area contributed by atoms with Gasteiger partial charge in [0, 0.05) is 19.5 Å². The number of amides is 2. The predicted octanol–water partition coefficient (Wildman–Crippen LogP) is 1.40. The molecule has 22 heavy (non-hydrogen) atoms. The van der Waals surface area contributed by atoms with E-state index >= 15 is 0 Å². The quantitative estimate of drug-likeness (QED) is 0.803. The van der Waals surface area contributed by atoms with Crippen LogP contribution in [0.4, 0.5) is 0 Å². The SMILES string of the molecule is O=C(CC1CCCCC1)NCC(=O)N1CCCC(C(=O)O)C1. The summed E-state index contributed by atoms with van der Waals surface area (Å²) < 4.78 is 0. The lowest BCUT2D eigenvalue weighted by molar-refractivity contribution is -0.146. The molecule has 124 valence electrons. The molecule has 2 N–H and O–H groups in total. The number of hydrogen-bond donors (Lipinski definition) is 2. The lowest BCUT2D eigenvalue weighted by Crippen LogP contribution is -2.46. The van der Waals surface area contributed by atoms with Gasteiger partial charge in [0.1, 0.15) is 0 Å². The Hall–Kier alpha value is -1.59. The van der Waals surface area contributed by atoms with Crippen LogP contribution in [0.2, 0.25) is 0 Å². The summed E-state index contributed by atoms with van der Waals surface area (Å²) >= 11 is 0. The minimum absolute atomic E-state index is 0.0160. The molecule has 0 spiro atoms. The van der Waals surface area contributed by atoms with Gasteiger partial charge in [0.2, 0.25) is 11.8 Å². The summed E-state index contributed by atoms with van der Waals surface area (Å²) in [5.41, 5.74) is 0. The van der Waals surface area contributed by atoms with Gasteiger partial charge in [-0.25, -0.2) is 0 Å². The molecule has 0 aromatic carbocycles. The Morgan fingerprint density at radius 3 is 2.45 bits per heavy atom. The van der Waals surface area contributed by atoms with Gasteiger partial charge in [-0.2, -0.15) is 0 Å². The third kappa shape index (κ3) is 5.00. The first-order chi connectivity index (χ1) is 10.6. The van der Waals surface area contributed by atoms with Gasteiger partial charge in [-0.3, -0.25) is 14.4 Å². The van der Waals surface area contributed by atoms with E-state index in [2.05, 4.69) is 5.32 Å². The molecule has 2 aliphatic rings. The molecule has 2 rings (SSSR count). The van der Waals surface area contributed by atoms with Crippen LogP contribution in [0.3, 0.4) is 0 Å². The highest BCUT2D eigenvalue weighted by molar-refractivity contribution is 5.85. The number of rotatable bonds is 5. The maximum absolute atomic E-state index is 12.1. The number of piperidine rings is 1. The van der Waals surface area contributed by atoms with Crippen molar-refractivity contribution in [2.75, 3.05) is 19.6 Å². The number of likely N-dealkylation sites (tertiary alicyclic amines) is 1. The van der Waals surface area contributed by atoms with Gasteiger partial charge < -0.3 is 15.3 Å². The van der Waals surface area contributed by atoms with E-state index < -0.39 is 11.9 Å². The molecule has 0 radical (unpaired) electrons. The van der Waals surface area contributed by atoms with Crippen molar-refractivity contribution in [3.8, 4) is 0 Å². The van der Waals surface area contributed by atoms with Crippen molar-refractivity contribution >= 4 is 17.8 Å². The van der Waals surface area contributed by atoms with E-state index in [1.807, 2.05) is 0 Å². The van der Waals surface area contributed by atoms with Gasteiger partial charge in [-0.1, -0.05) is 19.3 Å². The van der Waals surface area contributed by atoms with Crippen molar-refractivity contribution in [3.05, 3.63) is 0 Å². The van der Waals surface area contributed by atoms with Gasteiger partial charge >= 0.3 is 5.97 Å². The van der Waals surface area contributed by atoms with E-state index in [-0.39, 0.29) is 24.9 Å². The molecule has 1 saturated heterocycles. The minimum Gasteiger partial charge on any atom is -0.481 e. The number of hydrogen-bond acceptors (Lipinski definition) is 3. The molecular weight excluding hydrogens is 284 g/mol. The molecule has 0 aromatic rings. The standard InChI is InChI=1S/C16H26N2O4/c19-14(9-12-5-2-1-3-6-12)17-10-15(20)18-8-4-7-13(11-18)16(21)22/h12-13H,1-11H2,(H,17,19)(H,21,22). The summed E-state index contributed by atoms with van der Waals surface area (Å²) in [6.45, 7) is 0.825. The molecule has 1 unspecified atom stereocenters. The van der Waals surface area contributed by atoms with Crippen molar-refractivity contribution in [3.63, 3.8) is 0 Å². The normalized spacial score (nSPS) is 23.1. The molecule has 1 saturated carbocycles. The van der Waals surface area contributed by atoms with E-state index in [0.717, 1.165) is 12.8 Å². The molecule has 1 heterocycles. The van der Waals surface area contributed by atoms with Gasteiger partial charge in [0.25, 0.3) is 0 Å². The maximum Gasteiger partial charge on any atom is 0.308 e. The van der Waals surface area contributed by atoms with E-state index in [0.29, 0.717) is 31.7 Å². The molecule has 6 heteroatoms. The molecule has 2 fully saturated rings. The van der Waals surface area contributed by atoms with E-state index in [4.69, 9.17) is 5.11 Å². The Kier molecular flexibility index (Phi) is 6.21. The number of nitrogens with one attached hydrogen (secondary N) is 1. The lowest BCUT2D eigenvalue weighted by atomic mass is 9.87. The van der Waals surface area contributed by atoms with Crippen molar-refractivity contribution in [1.82, 2.24) is 10.2 Å². The van der Waals surface area contributed by atoms with E-state index in [1.54, 1.807) is 4.90 Å². The second-order valence-electron chi connectivity index (χ2n) is 6.50. The van der Waals surface area contributed by atoms with Crippen molar-refractivity contribution in [1.29, 1.82) is 0 Å². The monoisotopic (exact) mass is 310 g/mol. The van der Waals surface area contributed by atoms with E-state index in [1.165, 1.54) is 19.3 Å². The number of carbonyl (C=O) groups is 3. The molecule has 6 nitrogen and oxygen atoms in total. The molecule has 0 aromatic heterocycles. The zero-order chi connectivity index (χ0) is 15.9. The first-order valence-corrected chi connectivity index (χ1v) is 8.33. The predicted molar refractivity (Wildman–Crippen MR) is 81.1 cm³/mol. The minimum atomic E-state index is -0.848. The zero-order valence-electron chi connectivity index (χ0n) is 13.1. The Balaban J connectivity index is 1.70. The first kappa shape index (κ1) is 16.8. The Labute approximate surface area is 131 Å². The summed E-state index contributed by atoms with van der Waals surface area (Å²) in [5, 5.41) is 11.7. The topological polar surface area (TPSA) is 86.7 Å². The molecule has 2 amide bonds. The van der Waals surface area contributed by atoms with Crippen LogP contribution in [0.5, 0.6) is 0 Å². The van der Waals surface area contributed by atoms with Gasteiger partial charge in [0.15, 0.2) is 0 Å². The number of carbonyl (C=O) groups excluding carboxylic acids is 2. The third-order valence-electron chi connectivity index (χ3n) is 4.76. The highest BCUT2D eigenvalue weighted by Gasteiger charge is 2.28. The van der Waals surface area contributed by atoms with Crippen LogP contribution in [-0.2, 0) is 14.4 Å². The van der Waals surface area contributed by atoms with Crippen LogP contribution >= 0.6 is 0 Å². The van der Waals surface area contributed by atoms with Crippen LogP contribution < -0.4 is 5.32 Å². The zero-order valence-corrected chi connectivity index (χ0v) is 13.1. The fourth-order valence-corrected chi connectivity index (χ4v) is 3.42. The van der Waals surface area contributed by atoms with E-state index in [9.17, 15) is 14.4 Å². The first-order valence-electron chi connectivity index (χ1n) is 8.33. The highest BCUT2D eigenvalue weighted by Crippen LogP contribution is 2.26. The van der Waals surface area contributed by atoms with Crippen LogP contribution in [0.1, 0.15) is 51.4 Å². The summed E-state index contributed by atoms with van der Waals surface area (Å²) in [5.74, 6) is -1.11. The average molecular weight is 310 g/mol. The maximum atomic E-state index is 12.1. The Bertz CT molecular complexity index is 418. The molecular formula is C16H26N2O4. The fraction of sp³-hybridized carbons (Fsp3) is 0.812.